The molecule has 0 spiro atoms. The minimum absolute atomic E-state index is 0.0308. The van der Waals surface area contributed by atoms with E-state index in [1.807, 2.05) is 0 Å². The van der Waals surface area contributed by atoms with Crippen LogP contribution in [0.15, 0.2) is 0 Å². The SMILES string of the molecule is CCOC(=O)CS[P+](=O)OCN. The minimum atomic E-state index is -1.88. The fourth-order valence-corrected chi connectivity index (χ4v) is 1.94. The smallest absolute Gasteiger partial charge is 0.465 e. The van der Waals surface area contributed by atoms with E-state index >= 15 is 0 Å². The van der Waals surface area contributed by atoms with Crippen molar-refractivity contribution in [1.82, 2.24) is 0 Å². The number of hydrogen-bond donors (Lipinski definition) is 1. The van der Waals surface area contributed by atoms with Gasteiger partial charge in [0, 0.05) is 0 Å². The number of rotatable bonds is 6. The summed E-state index contributed by atoms with van der Waals surface area (Å²) in [4.78, 5) is 10.7. The summed E-state index contributed by atoms with van der Waals surface area (Å²) in [7, 11) is -1.88. The maximum Gasteiger partial charge on any atom is 0.587 e. The highest BCUT2D eigenvalue weighted by molar-refractivity contribution is 8.50. The highest BCUT2D eigenvalue weighted by Gasteiger charge is 2.21. The number of carbonyl (C=O) groups is 1. The molecule has 0 aliphatic carbocycles. The Morgan fingerprint density at radius 1 is 1.67 bits per heavy atom. The van der Waals surface area contributed by atoms with Gasteiger partial charge in [0.05, 0.1) is 6.61 Å². The van der Waals surface area contributed by atoms with Crippen LogP contribution in [0.4, 0.5) is 0 Å². The molecule has 1 unspecified atom stereocenters. The van der Waals surface area contributed by atoms with Gasteiger partial charge in [-0.05, 0) is 11.5 Å². The van der Waals surface area contributed by atoms with E-state index in [4.69, 9.17) is 5.73 Å². The van der Waals surface area contributed by atoms with Crippen molar-refractivity contribution in [2.75, 3.05) is 19.1 Å². The maximum absolute atomic E-state index is 10.8. The van der Waals surface area contributed by atoms with Crippen molar-refractivity contribution in [2.45, 2.75) is 6.92 Å². The Bertz CT molecular complexity index is 148. The Hall–Kier alpha value is -0.160. The van der Waals surface area contributed by atoms with Crippen molar-refractivity contribution in [3.05, 3.63) is 0 Å². The summed E-state index contributed by atoms with van der Waals surface area (Å²) in [6, 6.07) is 0. The molecule has 0 aromatic carbocycles. The first-order valence-electron chi connectivity index (χ1n) is 3.29. The highest BCUT2D eigenvalue weighted by Crippen LogP contribution is 2.37. The summed E-state index contributed by atoms with van der Waals surface area (Å²) in [5, 5.41) is 0. The van der Waals surface area contributed by atoms with Gasteiger partial charge in [0.25, 0.3) is 0 Å². The molecule has 0 aliphatic rings. The van der Waals surface area contributed by atoms with Gasteiger partial charge in [-0.25, -0.2) is 0 Å². The second-order valence-electron chi connectivity index (χ2n) is 1.60. The molecular weight excluding hydrogens is 201 g/mol. The van der Waals surface area contributed by atoms with Crippen LogP contribution in [-0.4, -0.2) is 25.1 Å². The first kappa shape index (κ1) is 11.8. The van der Waals surface area contributed by atoms with Gasteiger partial charge < -0.3 is 10.5 Å². The lowest BCUT2D eigenvalue weighted by Crippen LogP contribution is -2.06. The summed E-state index contributed by atoms with van der Waals surface area (Å²) >= 11 is 0.882. The van der Waals surface area contributed by atoms with Crippen molar-refractivity contribution in [3.63, 3.8) is 0 Å². The van der Waals surface area contributed by atoms with E-state index < -0.39 is 13.2 Å². The van der Waals surface area contributed by atoms with E-state index in [1.165, 1.54) is 0 Å². The monoisotopic (exact) mass is 212 g/mol. The Morgan fingerprint density at radius 2 is 2.33 bits per heavy atom. The van der Waals surface area contributed by atoms with Crippen LogP contribution in [0.1, 0.15) is 6.92 Å². The van der Waals surface area contributed by atoms with Crippen LogP contribution < -0.4 is 5.73 Å². The van der Waals surface area contributed by atoms with Gasteiger partial charge >= 0.3 is 13.2 Å². The Balaban J connectivity index is 3.40. The molecule has 0 bridgehead atoms. The Kier molecular flexibility index (Phi) is 7.39. The average Bonchev–Trinajstić information content (AvgIpc) is 2.02. The fraction of sp³-hybridized carbons (Fsp3) is 0.800. The van der Waals surface area contributed by atoms with Gasteiger partial charge in [-0.15, -0.1) is 4.52 Å². The zero-order valence-electron chi connectivity index (χ0n) is 6.69. The van der Waals surface area contributed by atoms with Crippen LogP contribution in [0.25, 0.3) is 0 Å². The van der Waals surface area contributed by atoms with Gasteiger partial charge in [0.1, 0.15) is 5.75 Å². The molecule has 0 aliphatic heterocycles. The van der Waals surface area contributed by atoms with Crippen molar-refractivity contribution in [3.8, 4) is 0 Å². The average molecular weight is 212 g/mol. The fourth-order valence-electron chi connectivity index (χ4n) is 0.406. The number of esters is 1. The van der Waals surface area contributed by atoms with E-state index in [2.05, 4.69) is 9.26 Å². The topological polar surface area (TPSA) is 78.6 Å². The van der Waals surface area contributed by atoms with E-state index in [1.54, 1.807) is 6.92 Å². The van der Waals surface area contributed by atoms with Crippen LogP contribution in [0.5, 0.6) is 0 Å². The Morgan fingerprint density at radius 3 is 2.83 bits per heavy atom. The third-order valence-electron chi connectivity index (χ3n) is 0.773. The zero-order chi connectivity index (χ0) is 9.40. The summed E-state index contributed by atoms with van der Waals surface area (Å²) in [6.45, 7) is 1.93. The second kappa shape index (κ2) is 7.49. The molecule has 0 saturated carbocycles. The van der Waals surface area contributed by atoms with Crippen molar-refractivity contribution in [2.24, 2.45) is 5.73 Å². The van der Waals surface area contributed by atoms with Crippen molar-refractivity contribution >= 4 is 24.6 Å². The molecule has 0 aromatic rings. The second-order valence-corrected chi connectivity index (χ2v) is 4.52. The standard InChI is InChI=1S/C5H11NO4PS/c1-2-9-5(7)3-12-11(8)10-4-6/h2-4,6H2,1H3/q+1. The largest absolute Gasteiger partial charge is 0.587 e. The molecular formula is C5H11NO4PS+. The highest BCUT2D eigenvalue weighted by atomic mass is 32.7. The summed E-state index contributed by atoms with van der Waals surface area (Å²) in [5.41, 5.74) is 4.96. The summed E-state index contributed by atoms with van der Waals surface area (Å²) in [6.07, 6.45) is 0. The Labute approximate surface area is 75.6 Å². The maximum atomic E-state index is 10.8. The van der Waals surface area contributed by atoms with Gasteiger partial charge in [-0.1, -0.05) is 0 Å². The number of carbonyl (C=O) groups excluding carboxylic acids is 1. The molecule has 0 saturated heterocycles. The predicted molar refractivity (Wildman–Crippen MR) is 46.8 cm³/mol. The molecule has 12 heavy (non-hydrogen) atoms. The molecule has 0 rings (SSSR count). The van der Waals surface area contributed by atoms with E-state index in [-0.39, 0.29) is 12.5 Å². The van der Waals surface area contributed by atoms with Gasteiger partial charge in [-0.3, -0.25) is 4.79 Å². The quantitative estimate of drug-likeness (QED) is 0.400. The third-order valence-corrected chi connectivity index (χ3v) is 3.04. The first-order valence-corrected chi connectivity index (χ1v) is 6.06. The van der Waals surface area contributed by atoms with E-state index in [0.717, 1.165) is 11.4 Å². The lowest BCUT2D eigenvalue weighted by atomic mass is 10.8. The first-order chi connectivity index (χ1) is 5.70. The molecule has 5 nitrogen and oxygen atoms in total. The molecule has 0 fully saturated rings. The van der Waals surface area contributed by atoms with Crippen LogP contribution in [-0.2, 0) is 18.6 Å². The van der Waals surface area contributed by atoms with E-state index in [0.29, 0.717) is 6.61 Å². The van der Waals surface area contributed by atoms with Crippen LogP contribution in [0.3, 0.4) is 0 Å². The van der Waals surface area contributed by atoms with Crippen LogP contribution in [0.2, 0.25) is 0 Å². The molecule has 0 heterocycles. The third kappa shape index (κ3) is 6.54. The molecule has 1 atom stereocenters. The predicted octanol–water partition coefficient (Wildman–Crippen LogP) is 0.873. The molecule has 7 heteroatoms. The van der Waals surface area contributed by atoms with Crippen LogP contribution in [0, 0.1) is 0 Å². The van der Waals surface area contributed by atoms with Crippen molar-refractivity contribution < 1.29 is 18.6 Å². The molecule has 0 aromatic heterocycles. The number of ether oxygens (including phenoxy) is 1. The molecule has 0 radical (unpaired) electrons. The molecule has 70 valence electrons. The lowest BCUT2D eigenvalue weighted by molar-refractivity contribution is -0.139. The van der Waals surface area contributed by atoms with Gasteiger partial charge in [0.15, 0.2) is 18.1 Å². The number of hydrogen-bond acceptors (Lipinski definition) is 6. The summed E-state index contributed by atoms with van der Waals surface area (Å²) in [5.74, 6) is -0.366. The van der Waals surface area contributed by atoms with Gasteiger partial charge in [-0.2, -0.15) is 0 Å². The minimum Gasteiger partial charge on any atom is -0.465 e. The zero-order valence-corrected chi connectivity index (χ0v) is 8.40. The normalized spacial score (nSPS) is 11.0. The molecule has 0 amide bonds. The number of nitrogens with two attached hydrogens (primary N) is 1. The van der Waals surface area contributed by atoms with Gasteiger partial charge in [0.2, 0.25) is 0 Å². The molecule has 2 N–H and O–H groups in total. The lowest BCUT2D eigenvalue weighted by Gasteiger charge is -1.94. The summed E-state index contributed by atoms with van der Waals surface area (Å²) < 4.78 is 19.9. The van der Waals surface area contributed by atoms with Crippen molar-refractivity contribution in [1.29, 1.82) is 0 Å². The van der Waals surface area contributed by atoms with Crippen LogP contribution >= 0.6 is 18.6 Å². The van der Waals surface area contributed by atoms with E-state index in [9.17, 15) is 9.36 Å².